The first-order valence-electron chi connectivity index (χ1n) is 13.2. The zero-order valence-corrected chi connectivity index (χ0v) is 22.0. The van der Waals surface area contributed by atoms with E-state index >= 15 is 0 Å². The van der Waals surface area contributed by atoms with E-state index < -0.39 is 0 Å². The van der Waals surface area contributed by atoms with Gasteiger partial charge in [-0.1, -0.05) is 75.5 Å². The number of rotatable bonds is 15. The van der Waals surface area contributed by atoms with Crippen molar-refractivity contribution in [3.8, 4) is 6.07 Å². The predicted molar refractivity (Wildman–Crippen MR) is 145 cm³/mol. The molecule has 3 heteroatoms. The first-order valence-corrected chi connectivity index (χ1v) is 13.2. The third-order valence-electron chi connectivity index (χ3n) is 6.77. The first kappa shape index (κ1) is 29.1. The average Bonchev–Trinajstić information content (AvgIpc) is 2.84. The third kappa shape index (κ3) is 10.7. The zero-order valence-electron chi connectivity index (χ0n) is 22.0. The number of nitriles is 1. The molecule has 1 aliphatic carbocycles. The van der Waals surface area contributed by atoms with Crippen LogP contribution < -0.4 is 5.32 Å². The molecule has 1 fully saturated rings. The molecule has 0 amide bonds. The number of allylic oxidation sites excluding steroid dienone is 10. The van der Waals surface area contributed by atoms with Gasteiger partial charge in [-0.3, -0.25) is 0 Å². The smallest absolute Gasteiger partial charge is 0.0820 e. The Hall–Kier alpha value is -1.89. The Kier molecular flexibility index (Phi) is 15.5. The molecule has 1 atom stereocenters. The number of unbranched alkanes of at least 4 members (excludes halogenated alkanes) is 1. The van der Waals surface area contributed by atoms with Crippen LogP contribution in [0, 0.1) is 22.7 Å². The molecule has 0 aromatic heterocycles. The van der Waals surface area contributed by atoms with E-state index in [1.807, 2.05) is 19.1 Å². The van der Waals surface area contributed by atoms with Crippen molar-refractivity contribution in [3.05, 3.63) is 60.3 Å². The molecule has 1 unspecified atom stereocenters. The Balaban J connectivity index is 2.41. The lowest BCUT2D eigenvalue weighted by atomic mass is 9.68. The van der Waals surface area contributed by atoms with E-state index in [1.165, 1.54) is 12.0 Å². The Labute approximate surface area is 205 Å². The quantitative estimate of drug-likeness (QED) is 0.209. The average molecular weight is 452 g/mol. The fourth-order valence-corrected chi connectivity index (χ4v) is 4.81. The van der Waals surface area contributed by atoms with Crippen LogP contribution in [0.2, 0.25) is 0 Å². The van der Waals surface area contributed by atoms with Gasteiger partial charge in [0, 0.05) is 12.6 Å². The topological polar surface area (TPSA) is 39.1 Å². The minimum absolute atomic E-state index is 0.291. The highest BCUT2D eigenvalue weighted by atomic mass is 15.2. The lowest BCUT2D eigenvalue weighted by molar-refractivity contribution is 0.118. The SMILES string of the molecule is C\C=C/C=C\C=C\CCCNCC(C)CN(CC)C1CCC(C#N)(C(/C=C\CC)=C/C)CC1. The van der Waals surface area contributed by atoms with Crippen molar-refractivity contribution in [2.24, 2.45) is 11.3 Å². The van der Waals surface area contributed by atoms with Crippen LogP contribution in [0.5, 0.6) is 0 Å². The van der Waals surface area contributed by atoms with E-state index in [1.54, 1.807) is 0 Å². The van der Waals surface area contributed by atoms with Gasteiger partial charge in [0.25, 0.3) is 0 Å². The summed E-state index contributed by atoms with van der Waals surface area (Å²) >= 11 is 0. The monoisotopic (exact) mass is 451 g/mol. The lowest BCUT2D eigenvalue weighted by Crippen LogP contribution is -2.44. The number of hydrogen-bond acceptors (Lipinski definition) is 3. The van der Waals surface area contributed by atoms with Gasteiger partial charge in [-0.15, -0.1) is 0 Å². The molecule has 1 rings (SSSR count). The van der Waals surface area contributed by atoms with E-state index in [0.29, 0.717) is 12.0 Å². The summed E-state index contributed by atoms with van der Waals surface area (Å²) in [4.78, 5) is 2.66. The van der Waals surface area contributed by atoms with E-state index in [0.717, 1.165) is 64.7 Å². The summed E-state index contributed by atoms with van der Waals surface area (Å²) in [5, 5.41) is 13.7. The summed E-state index contributed by atoms with van der Waals surface area (Å²) in [6, 6.07) is 3.30. The molecular weight excluding hydrogens is 402 g/mol. The maximum atomic E-state index is 10.0. The van der Waals surface area contributed by atoms with Gasteiger partial charge >= 0.3 is 0 Å². The number of nitrogens with zero attached hydrogens (tertiary/aromatic N) is 2. The summed E-state index contributed by atoms with van der Waals surface area (Å²) in [6.45, 7) is 15.3. The normalized spacial score (nSPS) is 23.4. The molecule has 0 bridgehead atoms. The van der Waals surface area contributed by atoms with Crippen LogP contribution in [0.1, 0.15) is 79.6 Å². The Morgan fingerprint density at radius 3 is 2.45 bits per heavy atom. The molecule has 1 aliphatic rings. The minimum atomic E-state index is -0.291. The van der Waals surface area contributed by atoms with Gasteiger partial charge in [0.15, 0.2) is 0 Å². The van der Waals surface area contributed by atoms with Crippen molar-refractivity contribution in [1.82, 2.24) is 10.2 Å². The summed E-state index contributed by atoms with van der Waals surface area (Å²) in [7, 11) is 0. The van der Waals surface area contributed by atoms with Crippen molar-refractivity contribution < 1.29 is 0 Å². The van der Waals surface area contributed by atoms with Crippen molar-refractivity contribution >= 4 is 0 Å². The van der Waals surface area contributed by atoms with E-state index in [4.69, 9.17) is 0 Å². The maximum absolute atomic E-state index is 10.0. The largest absolute Gasteiger partial charge is 0.316 e. The molecule has 0 aromatic rings. The summed E-state index contributed by atoms with van der Waals surface area (Å²) < 4.78 is 0. The van der Waals surface area contributed by atoms with Crippen LogP contribution in [-0.4, -0.2) is 37.1 Å². The third-order valence-corrected chi connectivity index (χ3v) is 6.77. The van der Waals surface area contributed by atoms with Crippen LogP contribution in [0.15, 0.2) is 60.3 Å². The van der Waals surface area contributed by atoms with Crippen LogP contribution in [0.25, 0.3) is 0 Å². The lowest BCUT2D eigenvalue weighted by Gasteiger charge is -2.41. The van der Waals surface area contributed by atoms with Crippen LogP contribution in [0.3, 0.4) is 0 Å². The highest BCUT2D eigenvalue weighted by Gasteiger charge is 2.39. The zero-order chi connectivity index (χ0) is 24.4. The van der Waals surface area contributed by atoms with Crippen molar-refractivity contribution in [2.75, 3.05) is 26.2 Å². The molecule has 0 heterocycles. The van der Waals surface area contributed by atoms with Gasteiger partial charge in [-0.25, -0.2) is 0 Å². The maximum Gasteiger partial charge on any atom is 0.0820 e. The van der Waals surface area contributed by atoms with E-state index in [-0.39, 0.29) is 5.41 Å². The van der Waals surface area contributed by atoms with Gasteiger partial charge in [-0.05, 0) is 89.9 Å². The predicted octanol–water partition coefficient (Wildman–Crippen LogP) is 7.37. The Bertz CT molecular complexity index is 697. The molecule has 0 aromatic carbocycles. The summed E-state index contributed by atoms with van der Waals surface area (Å²) in [6.07, 6.45) is 26.6. The molecule has 3 nitrogen and oxygen atoms in total. The highest BCUT2D eigenvalue weighted by molar-refractivity contribution is 5.33. The Morgan fingerprint density at radius 1 is 1.12 bits per heavy atom. The van der Waals surface area contributed by atoms with Gasteiger partial charge < -0.3 is 10.2 Å². The standard InChI is InChI=1S/C30H49N3/c1-6-10-12-13-14-15-16-17-23-32-24-27(5)25-33(9-4)29-19-21-30(26-31,22-20-29)28(8-3)18-11-7-2/h6,8,10-15,18,27,29,32H,7,9,16-17,19-25H2,1-5H3/b10-6-,13-12-,15-14+,18-11-,28-8+. The Morgan fingerprint density at radius 2 is 1.85 bits per heavy atom. The van der Waals surface area contributed by atoms with Gasteiger partial charge in [0.1, 0.15) is 0 Å². The first-order chi connectivity index (χ1) is 16.1. The molecular formula is C30H49N3. The molecule has 184 valence electrons. The second-order valence-corrected chi connectivity index (χ2v) is 9.36. The van der Waals surface area contributed by atoms with Gasteiger partial charge in [0.05, 0.1) is 11.5 Å². The van der Waals surface area contributed by atoms with Crippen LogP contribution >= 0.6 is 0 Å². The fourth-order valence-electron chi connectivity index (χ4n) is 4.81. The highest BCUT2D eigenvalue weighted by Crippen LogP contribution is 2.43. The second kappa shape index (κ2) is 17.6. The molecule has 1 N–H and O–H groups in total. The molecule has 1 saturated carbocycles. The number of hydrogen-bond donors (Lipinski definition) is 1. The molecule has 0 saturated heterocycles. The van der Waals surface area contributed by atoms with E-state index in [9.17, 15) is 5.26 Å². The molecule has 0 aliphatic heterocycles. The molecule has 0 spiro atoms. The summed E-state index contributed by atoms with van der Waals surface area (Å²) in [5.74, 6) is 0.630. The second-order valence-electron chi connectivity index (χ2n) is 9.36. The van der Waals surface area contributed by atoms with Crippen molar-refractivity contribution in [2.45, 2.75) is 85.6 Å². The fraction of sp³-hybridized carbons (Fsp3) is 0.633. The number of nitrogens with one attached hydrogen (secondary N) is 1. The van der Waals surface area contributed by atoms with Gasteiger partial charge in [0.2, 0.25) is 0 Å². The van der Waals surface area contributed by atoms with Crippen LogP contribution in [-0.2, 0) is 0 Å². The summed E-state index contributed by atoms with van der Waals surface area (Å²) in [5.41, 5.74) is 0.926. The minimum Gasteiger partial charge on any atom is -0.316 e. The molecule has 0 radical (unpaired) electrons. The van der Waals surface area contributed by atoms with Crippen molar-refractivity contribution in [3.63, 3.8) is 0 Å². The van der Waals surface area contributed by atoms with E-state index in [2.05, 4.69) is 86.5 Å². The van der Waals surface area contributed by atoms with Crippen LogP contribution in [0.4, 0.5) is 0 Å². The molecule has 33 heavy (non-hydrogen) atoms. The van der Waals surface area contributed by atoms with Crippen molar-refractivity contribution in [1.29, 1.82) is 5.26 Å². The van der Waals surface area contributed by atoms with Gasteiger partial charge in [-0.2, -0.15) is 5.26 Å².